The molecule has 7 heteroatoms. The monoisotopic (exact) mass is 373 g/mol. The lowest BCUT2D eigenvalue weighted by Gasteiger charge is -2.35. The minimum atomic E-state index is -0.168. The maximum atomic E-state index is 12.6. The van der Waals surface area contributed by atoms with Crippen LogP contribution in [0.5, 0.6) is 0 Å². The molecule has 2 aliphatic heterocycles. The van der Waals surface area contributed by atoms with Crippen LogP contribution >= 0.6 is 11.6 Å². The van der Waals surface area contributed by atoms with Crippen molar-refractivity contribution in [3.8, 4) is 0 Å². The second-order valence-electron chi connectivity index (χ2n) is 7.22. The molecule has 0 unspecified atom stereocenters. The zero-order valence-electron chi connectivity index (χ0n) is 15.0. The van der Waals surface area contributed by atoms with Gasteiger partial charge in [0.05, 0.1) is 6.04 Å². The van der Waals surface area contributed by atoms with Crippen LogP contribution in [-0.2, 0) is 17.8 Å². The Bertz CT molecular complexity index is 797. The first-order valence-electron chi connectivity index (χ1n) is 9.34. The maximum Gasteiger partial charge on any atom is 0.241 e. The summed E-state index contributed by atoms with van der Waals surface area (Å²) in [6.07, 6.45) is 4.27. The van der Waals surface area contributed by atoms with Crippen molar-refractivity contribution in [3.05, 3.63) is 40.9 Å². The third-order valence-corrected chi connectivity index (χ3v) is 5.79. The number of hydrogen-bond acceptors (Lipinski definition) is 4. The molecule has 1 aromatic heterocycles. The van der Waals surface area contributed by atoms with Gasteiger partial charge in [-0.1, -0.05) is 17.7 Å². The third-order valence-electron chi connectivity index (χ3n) is 5.55. The van der Waals surface area contributed by atoms with E-state index in [0.29, 0.717) is 10.9 Å². The molecule has 0 bridgehead atoms. The van der Waals surface area contributed by atoms with Crippen molar-refractivity contribution in [2.45, 2.75) is 51.1 Å². The Morgan fingerprint density at radius 3 is 2.85 bits per heavy atom. The first kappa shape index (κ1) is 17.5. The quantitative estimate of drug-likeness (QED) is 0.894. The van der Waals surface area contributed by atoms with Gasteiger partial charge in [0, 0.05) is 29.6 Å². The molecule has 6 nitrogen and oxygen atoms in total. The van der Waals surface area contributed by atoms with E-state index in [0.717, 1.165) is 56.2 Å². The zero-order chi connectivity index (χ0) is 18.1. The number of halogens is 1. The van der Waals surface area contributed by atoms with E-state index >= 15 is 0 Å². The number of benzene rings is 1. The van der Waals surface area contributed by atoms with Crippen molar-refractivity contribution < 1.29 is 4.79 Å². The van der Waals surface area contributed by atoms with Gasteiger partial charge in [0.1, 0.15) is 11.6 Å². The molecule has 2 aliphatic rings. The normalized spacial score (nSPS) is 19.3. The molecule has 26 heavy (non-hydrogen) atoms. The van der Waals surface area contributed by atoms with Gasteiger partial charge in [-0.15, -0.1) is 10.2 Å². The number of anilines is 1. The molecule has 1 fully saturated rings. The number of amides is 1. The number of fused-ring (bicyclic) bond motifs is 1. The fourth-order valence-electron chi connectivity index (χ4n) is 4.00. The van der Waals surface area contributed by atoms with E-state index in [1.54, 1.807) is 12.1 Å². The van der Waals surface area contributed by atoms with Gasteiger partial charge in [-0.25, -0.2) is 0 Å². The fraction of sp³-hybridized carbons (Fsp3) is 0.526. The van der Waals surface area contributed by atoms with Crippen LogP contribution in [-0.4, -0.2) is 44.7 Å². The largest absolute Gasteiger partial charge is 0.325 e. The Hall–Kier alpha value is -1.92. The van der Waals surface area contributed by atoms with E-state index in [1.807, 2.05) is 19.1 Å². The summed E-state index contributed by atoms with van der Waals surface area (Å²) in [6, 6.07) is 7.09. The van der Waals surface area contributed by atoms with Crippen molar-refractivity contribution in [3.63, 3.8) is 0 Å². The summed E-state index contributed by atoms with van der Waals surface area (Å²) in [5.74, 6) is 2.74. The van der Waals surface area contributed by atoms with Gasteiger partial charge in [-0.05, 0) is 57.5 Å². The highest BCUT2D eigenvalue weighted by Gasteiger charge is 2.31. The topological polar surface area (TPSA) is 63.1 Å². The number of rotatable bonds is 4. The highest BCUT2D eigenvalue weighted by molar-refractivity contribution is 6.30. The Morgan fingerprint density at radius 2 is 2.08 bits per heavy atom. The van der Waals surface area contributed by atoms with E-state index in [2.05, 4.69) is 25.0 Å². The second kappa shape index (κ2) is 7.37. The lowest BCUT2D eigenvalue weighted by molar-refractivity contribution is -0.121. The molecule has 1 aromatic carbocycles. The van der Waals surface area contributed by atoms with Crippen LogP contribution in [0.2, 0.25) is 5.02 Å². The van der Waals surface area contributed by atoms with E-state index < -0.39 is 0 Å². The van der Waals surface area contributed by atoms with Crippen molar-refractivity contribution in [2.75, 3.05) is 18.4 Å². The zero-order valence-corrected chi connectivity index (χ0v) is 15.7. The summed E-state index contributed by atoms with van der Waals surface area (Å²) in [5.41, 5.74) is 0.739. The van der Waals surface area contributed by atoms with Crippen LogP contribution in [0.15, 0.2) is 24.3 Å². The summed E-state index contributed by atoms with van der Waals surface area (Å²) in [7, 11) is 0. The van der Waals surface area contributed by atoms with Gasteiger partial charge in [0.2, 0.25) is 5.91 Å². The molecule has 138 valence electrons. The molecule has 0 spiro atoms. The van der Waals surface area contributed by atoms with E-state index in [4.69, 9.17) is 11.6 Å². The molecule has 0 radical (unpaired) electrons. The number of aromatic nitrogens is 3. The first-order valence-corrected chi connectivity index (χ1v) is 9.72. The minimum Gasteiger partial charge on any atom is -0.325 e. The van der Waals surface area contributed by atoms with Gasteiger partial charge >= 0.3 is 0 Å². The highest BCUT2D eigenvalue weighted by atomic mass is 35.5. The molecule has 1 N–H and O–H groups in total. The molecule has 1 amide bonds. The molecule has 0 aliphatic carbocycles. The van der Waals surface area contributed by atoms with Crippen molar-refractivity contribution in [1.82, 2.24) is 19.7 Å². The molecule has 2 aromatic rings. The van der Waals surface area contributed by atoms with E-state index in [-0.39, 0.29) is 11.9 Å². The number of carbonyl (C=O) groups excluding carboxylic acids is 1. The lowest BCUT2D eigenvalue weighted by atomic mass is 9.95. The summed E-state index contributed by atoms with van der Waals surface area (Å²) in [6.45, 7) is 4.82. The van der Waals surface area contributed by atoms with Crippen LogP contribution in [0.4, 0.5) is 5.69 Å². The van der Waals surface area contributed by atoms with E-state index in [1.165, 1.54) is 6.42 Å². The molecule has 3 heterocycles. The predicted molar refractivity (Wildman–Crippen MR) is 101 cm³/mol. The van der Waals surface area contributed by atoms with Gasteiger partial charge in [0.25, 0.3) is 0 Å². The van der Waals surface area contributed by atoms with Crippen molar-refractivity contribution >= 4 is 23.2 Å². The number of nitrogens with one attached hydrogen (secondary N) is 1. The van der Waals surface area contributed by atoms with Crippen LogP contribution in [0.1, 0.15) is 43.8 Å². The van der Waals surface area contributed by atoms with Gasteiger partial charge in [-0.2, -0.15) is 0 Å². The number of nitrogens with zero attached hydrogens (tertiary/aromatic N) is 4. The average Bonchev–Trinajstić information content (AvgIpc) is 3.25. The molecule has 1 atom stereocenters. The van der Waals surface area contributed by atoms with Gasteiger partial charge in [0.15, 0.2) is 0 Å². The minimum absolute atomic E-state index is 0.00841. The van der Waals surface area contributed by atoms with Crippen LogP contribution in [0.25, 0.3) is 0 Å². The number of aryl methyl sites for hydroxylation is 1. The number of likely N-dealkylation sites (tertiary alicyclic amines) is 1. The number of carbonyl (C=O) groups is 1. The Kier molecular flexibility index (Phi) is 4.96. The Balaban J connectivity index is 1.34. The third kappa shape index (κ3) is 3.48. The number of piperidine rings is 1. The molecule has 0 saturated carbocycles. The van der Waals surface area contributed by atoms with Gasteiger partial charge in [-0.3, -0.25) is 9.69 Å². The highest BCUT2D eigenvalue weighted by Crippen LogP contribution is 2.30. The molecule has 1 saturated heterocycles. The number of hydrogen-bond donors (Lipinski definition) is 1. The van der Waals surface area contributed by atoms with Gasteiger partial charge < -0.3 is 9.88 Å². The maximum absolute atomic E-state index is 12.6. The fourth-order valence-corrected chi connectivity index (χ4v) is 4.19. The lowest BCUT2D eigenvalue weighted by Crippen LogP contribution is -2.46. The Morgan fingerprint density at radius 1 is 1.27 bits per heavy atom. The van der Waals surface area contributed by atoms with Crippen LogP contribution in [0.3, 0.4) is 0 Å². The molecular formula is C19H24ClN5O. The Labute approximate surface area is 158 Å². The van der Waals surface area contributed by atoms with Crippen molar-refractivity contribution in [2.24, 2.45) is 0 Å². The second-order valence-corrected chi connectivity index (χ2v) is 7.65. The predicted octanol–water partition coefficient (Wildman–Crippen LogP) is 3.08. The smallest absolute Gasteiger partial charge is 0.241 e. The summed E-state index contributed by atoms with van der Waals surface area (Å²) in [4.78, 5) is 14.8. The summed E-state index contributed by atoms with van der Waals surface area (Å²) >= 11 is 5.99. The SMILES string of the molecule is C[C@@H](C(=O)Nc1cccc(Cl)c1)N1CCC(c2nnc3n2CCC3)CC1. The van der Waals surface area contributed by atoms with Crippen LogP contribution in [0, 0.1) is 0 Å². The molecular weight excluding hydrogens is 350 g/mol. The van der Waals surface area contributed by atoms with E-state index in [9.17, 15) is 4.79 Å². The standard InChI is InChI=1S/C19H24ClN5O/c1-13(19(26)21-16-5-2-4-15(20)12-16)24-10-7-14(8-11-24)18-23-22-17-6-3-9-25(17)18/h2,4-5,12-14H,3,6-11H2,1H3,(H,21,26)/t13-/m0/s1. The molecule has 4 rings (SSSR count). The summed E-state index contributed by atoms with van der Waals surface area (Å²) < 4.78 is 2.30. The first-order chi connectivity index (χ1) is 12.6. The van der Waals surface area contributed by atoms with Crippen LogP contribution < -0.4 is 5.32 Å². The average molecular weight is 374 g/mol. The van der Waals surface area contributed by atoms with Crippen molar-refractivity contribution in [1.29, 1.82) is 0 Å². The summed E-state index contributed by atoms with van der Waals surface area (Å²) in [5, 5.41) is 12.3.